The van der Waals surface area contributed by atoms with Gasteiger partial charge in [-0.25, -0.2) is 0 Å². The predicted octanol–water partition coefficient (Wildman–Crippen LogP) is 1.25. The van der Waals surface area contributed by atoms with E-state index in [1.54, 1.807) is 0 Å². The molecule has 0 bridgehead atoms. The molecule has 1 rings (SSSR count). The van der Waals surface area contributed by atoms with E-state index in [1.165, 1.54) is 13.1 Å². The molecule has 1 aliphatic heterocycles. The fourth-order valence-electron chi connectivity index (χ4n) is 1.06. The maximum absolute atomic E-state index is 3.36. The zero-order valence-corrected chi connectivity index (χ0v) is 5.99. The SMILES string of the molecule is C[C@H]1CNCC1(C)C. The molecular formula is C7H15N. The van der Waals surface area contributed by atoms with Gasteiger partial charge in [-0.1, -0.05) is 20.8 Å². The van der Waals surface area contributed by atoms with Gasteiger partial charge in [0.25, 0.3) is 0 Å². The Hall–Kier alpha value is -0.0400. The Morgan fingerprint density at radius 1 is 1.50 bits per heavy atom. The van der Waals surface area contributed by atoms with E-state index in [9.17, 15) is 0 Å². The Balaban J connectivity index is 2.54. The van der Waals surface area contributed by atoms with E-state index in [1.807, 2.05) is 0 Å². The number of hydrogen-bond donors (Lipinski definition) is 1. The first-order chi connectivity index (χ1) is 3.63. The molecule has 0 unspecified atom stereocenters. The highest BCUT2D eigenvalue weighted by molar-refractivity contribution is 4.85. The summed E-state index contributed by atoms with van der Waals surface area (Å²) in [6, 6.07) is 0. The third kappa shape index (κ3) is 0.873. The highest BCUT2D eigenvalue weighted by Crippen LogP contribution is 2.28. The maximum Gasteiger partial charge on any atom is 0.000566 e. The third-order valence-electron chi connectivity index (χ3n) is 2.37. The van der Waals surface area contributed by atoms with Crippen molar-refractivity contribution in [3.05, 3.63) is 0 Å². The second-order valence-electron chi connectivity index (χ2n) is 3.52. The van der Waals surface area contributed by atoms with E-state index in [4.69, 9.17) is 0 Å². The largest absolute Gasteiger partial charge is 0.316 e. The summed E-state index contributed by atoms with van der Waals surface area (Å²) in [6.45, 7) is 9.33. The molecule has 1 heterocycles. The van der Waals surface area contributed by atoms with Crippen molar-refractivity contribution in [1.82, 2.24) is 5.32 Å². The van der Waals surface area contributed by atoms with Crippen LogP contribution in [-0.4, -0.2) is 13.1 Å². The van der Waals surface area contributed by atoms with Crippen LogP contribution in [0.25, 0.3) is 0 Å². The average Bonchev–Trinajstić information content (AvgIpc) is 1.86. The third-order valence-corrected chi connectivity index (χ3v) is 2.37. The molecule has 48 valence electrons. The summed E-state index contributed by atoms with van der Waals surface area (Å²) in [7, 11) is 0. The Bertz CT molecular complexity index is 86.4. The fourth-order valence-corrected chi connectivity index (χ4v) is 1.06. The first-order valence-electron chi connectivity index (χ1n) is 3.33. The van der Waals surface area contributed by atoms with E-state index >= 15 is 0 Å². The zero-order valence-electron chi connectivity index (χ0n) is 5.99. The first kappa shape index (κ1) is 6.09. The first-order valence-corrected chi connectivity index (χ1v) is 3.33. The summed E-state index contributed by atoms with van der Waals surface area (Å²) >= 11 is 0. The van der Waals surface area contributed by atoms with Gasteiger partial charge in [-0.05, 0) is 17.9 Å². The van der Waals surface area contributed by atoms with Crippen LogP contribution >= 0.6 is 0 Å². The van der Waals surface area contributed by atoms with Crippen LogP contribution in [0.5, 0.6) is 0 Å². The summed E-state index contributed by atoms with van der Waals surface area (Å²) < 4.78 is 0. The lowest BCUT2D eigenvalue weighted by Gasteiger charge is -2.21. The van der Waals surface area contributed by atoms with Crippen LogP contribution in [0.3, 0.4) is 0 Å². The molecule has 0 aromatic rings. The second kappa shape index (κ2) is 1.73. The Kier molecular flexibility index (Phi) is 1.31. The molecule has 1 heteroatoms. The monoisotopic (exact) mass is 113 g/mol. The van der Waals surface area contributed by atoms with Gasteiger partial charge in [0.05, 0.1) is 0 Å². The molecule has 0 aromatic carbocycles. The summed E-state index contributed by atoms with van der Waals surface area (Å²) in [5, 5.41) is 3.36. The van der Waals surface area contributed by atoms with Gasteiger partial charge in [-0.3, -0.25) is 0 Å². The minimum absolute atomic E-state index is 0.542. The molecule has 1 atom stereocenters. The van der Waals surface area contributed by atoms with Crippen molar-refractivity contribution in [1.29, 1.82) is 0 Å². The lowest BCUT2D eigenvalue weighted by atomic mass is 9.84. The van der Waals surface area contributed by atoms with Gasteiger partial charge in [0.2, 0.25) is 0 Å². The molecule has 0 amide bonds. The minimum Gasteiger partial charge on any atom is -0.316 e. The van der Waals surface area contributed by atoms with Crippen LogP contribution in [0, 0.1) is 11.3 Å². The van der Waals surface area contributed by atoms with Gasteiger partial charge >= 0.3 is 0 Å². The van der Waals surface area contributed by atoms with E-state index in [-0.39, 0.29) is 0 Å². The van der Waals surface area contributed by atoms with Gasteiger partial charge in [0.1, 0.15) is 0 Å². The van der Waals surface area contributed by atoms with Crippen molar-refractivity contribution in [2.24, 2.45) is 11.3 Å². The molecule has 0 spiro atoms. The van der Waals surface area contributed by atoms with Crippen LogP contribution in [0.15, 0.2) is 0 Å². The van der Waals surface area contributed by atoms with Crippen LogP contribution in [-0.2, 0) is 0 Å². The Morgan fingerprint density at radius 2 is 2.12 bits per heavy atom. The predicted molar refractivity (Wildman–Crippen MR) is 35.8 cm³/mol. The molecule has 1 saturated heterocycles. The van der Waals surface area contributed by atoms with Crippen molar-refractivity contribution in [3.8, 4) is 0 Å². The Labute approximate surface area is 51.5 Å². The second-order valence-corrected chi connectivity index (χ2v) is 3.52. The van der Waals surface area contributed by atoms with Gasteiger partial charge < -0.3 is 5.32 Å². The molecule has 1 N–H and O–H groups in total. The number of nitrogens with one attached hydrogen (secondary N) is 1. The standard InChI is InChI=1S/C7H15N/c1-6-4-8-5-7(6,2)3/h6,8H,4-5H2,1-3H3/t6-/m0/s1. The molecule has 0 aromatic heterocycles. The molecule has 1 aliphatic rings. The normalized spacial score (nSPS) is 35.6. The molecule has 1 nitrogen and oxygen atoms in total. The highest BCUT2D eigenvalue weighted by atomic mass is 14.9. The molecule has 1 fully saturated rings. The van der Waals surface area contributed by atoms with E-state index in [2.05, 4.69) is 26.1 Å². The van der Waals surface area contributed by atoms with E-state index in [0.717, 1.165) is 5.92 Å². The summed E-state index contributed by atoms with van der Waals surface area (Å²) in [5.41, 5.74) is 0.542. The molecular weight excluding hydrogens is 98.1 g/mol. The maximum atomic E-state index is 3.36. The van der Waals surface area contributed by atoms with Crippen molar-refractivity contribution in [2.75, 3.05) is 13.1 Å². The summed E-state index contributed by atoms with van der Waals surface area (Å²) in [6.07, 6.45) is 0. The quantitative estimate of drug-likeness (QED) is 0.498. The van der Waals surface area contributed by atoms with Crippen LogP contribution in [0.2, 0.25) is 0 Å². The van der Waals surface area contributed by atoms with Crippen molar-refractivity contribution in [2.45, 2.75) is 20.8 Å². The molecule has 8 heavy (non-hydrogen) atoms. The summed E-state index contributed by atoms with van der Waals surface area (Å²) in [4.78, 5) is 0. The van der Waals surface area contributed by atoms with Crippen molar-refractivity contribution < 1.29 is 0 Å². The van der Waals surface area contributed by atoms with Crippen LogP contribution < -0.4 is 5.32 Å². The Morgan fingerprint density at radius 3 is 2.25 bits per heavy atom. The lowest BCUT2D eigenvalue weighted by Crippen LogP contribution is -2.19. The summed E-state index contributed by atoms with van der Waals surface area (Å²) in [5.74, 6) is 0.850. The van der Waals surface area contributed by atoms with Crippen LogP contribution in [0.1, 0.15) is 20.8 Å². The average molecular weight is 113 g/mol. The molecule has 0 saturated carbocycles. The molecule has 0 radical (unpaired) electrons. The van der Waals surface area contributed by atoms with Gasteiger partial charge in [-0.15, -0.1) is 0 Å². The van der Waals surface area contributed by atoms with Gasteiger partial charge in [-0.2, -0.15) is 0 Å². The van der Waals surface area contributed by atoms with Gasteiger partial charge in [0, 0.05) is 6.54 Å². The lowest BCUT2D eigenvalue weighted by molar-refractivity contribution is 0.311. The van der Waals surface area contributed by atoms with Crippen molar-refractivity contribution in [3.63, 3.8) is 0 Å². The van der Waals surface area contributed by atoms with E-state index < -0.39 is 0 Å². The number of hydrogen-bond acceptors (Lipinski definition) is 1. The highest BCUT2D eigenvalue weighted by Gasteiger charge is 2.30. The van der Waals surface area contributed by atoms with E-state index in [0.29, 0.717) is 5.41 Å². The topological polar surface area (TPSA) is 12.0 Å². The minimum atomic E-state index is 0.542. The smallest absolute Gasteiger partial charge is 0.000566 e. The number of rotatable bonds is 0. The van der Waals surface area contributed by atoms with Crippen molar-refractivity contribution >= 4 is 0 Å². The van der Waals surface area contributed by atoms with Gasteiger partial charge in [0.15, 0.2) is 0 Å². The molecule has 0 aliphatic carbocycles. The zero-order chi connectivity index (χ0) is 6.20. The van der Waals surface area contributed by atoms with Crippen LogP contribution in [0.4, 0.5) is 0 Å². The fraction of sp³-hybridized carbons (Fsp3) is 1.00.